The molecule has 0 radical (unpaired) electrons. The lowest BCUT2D eigenvalue weighted by molar-refractivity contribution is 0.0517. The number of nitrogens with zero attached hydrogens (tertiary/aromatic N) is 1. The summed E-state index contributed by atoms with van der Waals surface area (Å²) < 4.78 is 4.73. The molecule has 1 aromatic heterocycles. The Morgan fingerprint density at radius 1 is 1.44 bits per heavy atom. The number of aromatic nitrogens is 2. The smallest absolute Gasteiger partial charge is 0.362 e. The van der Waals surface area contributed by atoms with Crippen molar-refractivity contribution in [1.29, 1.82) is 0 Å². The summed E-state index contributed by atoms with van der Waals surface area (Å²) >= 11 is 11.8. The summed E-state index contributed by atoms with van der Waals surface area (Å²) in [5.41, 5.74) is -0.304. The fourth-order valence-corrected chi connectivity index (χ4v) is 1.80. The van der Waals surface area contributed by atoms with Gasteiger partial charge in [0, 0.05) is 0 Å². The molecule has 0 saturated heterocycles. The zero-order valence-electron chi connectivity index (χ0n) is 9.29. The number of esters is 1. The van der Waals surface area contributed by atoms with Gasteiger partial charge in [-0.2, -0.15) is 0 Å². The molecule has 0 saturated carbocycles. The van der Waals surface area contributed by atoms with Crippen molar-refractivity contribution in [3.8, 4) is 0 Å². The largest absolute Gasteiger partial charge is 0.461 e. The van der Waals surface area contributed by atoms with Crippen LogP contribution in [0.3, 0.4) is 0 Å². The molecule has 1 N–H and O–H groups in total. The molecule has 0 aliphatic heterocycles. The van der Waals surface area contributed by atoms with E-state index < -0.39 is 11.5 Å². The van der Waals surface area contributed by atoms with Gasteiger partial charge in [-0.15, -0.1) is 0 Å². The van der Waals surface area contributed by atoms with Gasteiger partial charge >= 0.3 is 5.97 Å². The molecular weight excluding hydrogens is 279 g/mol. The predicted octanol–water partition coefficient (Wildman–Crippen LogP) is 2.41. The number of ether oxygens (including phenoxy) is 1. The highest BCUT2D eigenvalue weighted by Gasteiger charge is 2.16. The van der Waals surface area contributed by atoms with Gasteiger partial charge in [0.25, 0.3) is 5.56 Å². The number of rotatable bonds is 2. The molecule has 0 fully saturated rings. The zero-order chi connectivity index (χ0) is 13.3. The monoisotopic (exact) mass is 286 g/mol. The van der Waals surface area contributed by atoms with Gasteiger partial charge in [-0.1, -0.05) is 23.2 Å². The van der Waals surface area contributed by atoms with E-state index in [1.807, 2.05) is 0 Å². The van der Waals surface area contributed by atoms with E-state index in [1.54, 1.807) is 13.0 Å². The van der Waals surface area contributed by atoms with Gasteiger partial charge in [-0.25, -0.2) is 9.78 Å². The van der Waals surface area contributed by atoms with Gasteiger partial charge in [0.2, 0.25) is 5.69 Å². The summed E-state index contributed by atoms with van der Waals surface area (Å²) in [6.07, 6.45) is 0. The molecule has 5 nitrogen and oxygen atoms in total. The molecule has 0 spiro atoms. The molecular formula is C11H8Cl2N2O3. The van der Waals surface area contributed by atoms with E-state index >= 15 is 0 Å². The van der Waals surface area contributed by atoms with Gasteiger partial charge in [0.15, 0.2) is 0 Å². The van der Waals surface area contributed by atoms with Crippen LogP contribution in [0.25, 0.3) is 11.0 Å². The second-order valence-electron chi connectivity index (χ2n) is 3.39. The van der Waals surface area contributed by atoms with E-state index in [1.165, 1.54) is 6.07 Å². The molecule has 0 atom stereocenters. The molecule has 0 aliphatic rings. The van der Waals surface area contributed by atoms with Crippen LogP contribution in [0.5, 0.6) is 0 Å². The van der Waals surface area contributed by atoms with Crippen LogP contribution in [0, 0.1) is 0 Å². The standard InChI is InChI=1S/C11H8Cl2N2O3/c1-2-18-11(17)9-10(16)15-8-6(14-9)4-3-5(12)7(8)13/h3-4H,2H2,1H3,(H,15,16). The maximum atomic E-state index is 11.7. The quantitative estimate of drug-likeness (QED) is 0.861. The summed E-state index contributed by atoms with van der Waals surface area (Å²) in [6, 6.07) is 3.09. The summed E-state index contributed by atoms with van der Waals surface area (Å²) in [4.78, 5) is 29.6. The van der Waals surface area contributed by atoms with Gasteiger partial charge < -0.3 is 9.72 Å². The summed E-state index contributed by atoms with van der Waals surface area (Å²) in [6.45, 7) is 1.81. The van der Waals surface area contributed by atoms with Gasteiger partial charge in [0.05, 0.1) is 27.7 Å². The van der Waals surface area contributed by atoms with E-state index in [4.69, 9.17) is 27.9 Å². The van der Waals surface area contributed by atoms with Crippen molar-refractivity contribution >= 4 is 40.2 Å². The molecule has 1 aromatic carbocycles. The van der Waals surface area contributed by atoms with Crippen molar-refractivity contribution in [3.63, 3.8) is 0 Å². The number of carbonyl (C=O) groups is 1. The van der Waals surface area contributed by atoms with Crippen LogP contribution in [0.15, 0.2) is 16.9 Å². The third kappa shape index (κ3) is 2.19. The van der Waals surface area contributed by atoms with E-state index in [0.717, 1.165) is 0 Å². The van der Waals surface area contributed by atoms with E-state index in [-0.39, 0.29) is 17.3 Å². The Morgan fingerprint density at radius 3 is 2.83 bits per heavy atom. The van der Waals surface area contributed by atoms with Gasteiger partial charge in [-0.05, 0) is 19.1 Å². The number of H-pyrrole nitrogens is 1. The third-order valence-corrected chi connectivity index (χ3v) is 3.03. The van der Waals surface area contributed by atoms with Crippen molar-refractivity contribution in [2.24, 2.45) is 0 Å². The first-order valence-corrected chi connectivity index (χ1v) is 5.85. The lowest BCUT2D eigenvalue weighted by atomic mass is 10.3. The summed E-state index contributed by atoms with van der Waals surface area (Å²) in [5.74, 6) is -0.772. The average molecular weight is 287 g/mol. The Kier molecular flexibility index (Phi) is 3.54. The lowest BCUT2D eigenvalue weighted by Gasteiger charge is -2.04. The molecule has 1 heterocycles. The van der Waals surface area contributed by atoms with Gasteiger partial charge in [-0.3, -0.25) is 4.79 Å². The summed E-state index contributed by atoms with van der Waals surface area (Å²) in [5, 5.41) is 0.486. The van der Waals surface area contributed by atoms with Crippen molar-refractivity contribution in [3.05, 3.63) is 38.2 Å². The Labute approximate surface area is 112 Å². The van der Waals surface area contributed by atoms with Crippen LogP contribution in [-0.4, -0.2) is 22.5 Å². The molecule has 0 bridgehead atoms. The number of nitrogens with one attached hydrogen (secondary N) is 1. The minimum absolute atomic E-state index is 0.166. The third-order valence-electron chi connectivity index (χ3n) is 2.23. The number of carbonyl (C=O) groups excluding carboxylic acids is 1. The lowest BCUT2D eigenvalue weighted by Crippen LogP contribution is -2.22. The van der Waals surface area contributed by atoms with Crippen molar-refractivity contribution in [1.82, 2.24) is 9.97 Å². The molecule has 2 rings (SSSR count). The predicted molar refractivity (Wildman–Crippen MR) is 68.3 cm³/mol. The maximum Gasteiger partial charge on any atom is 0.362 e. The number of hydrogen-bond donors (Lipinski definition) is 1. The molecule has 18 heavy (non-hydrogen) atoms. The van der Waals surface area contributed by atoms with Crippen molar-refractivity contribution in [2.75, 3.05) is 6.61 Å². The Balaban J connectivity index is 2.67. The van der Waals surface area contributed by atoms with Crippen LogP contribution in [-0.2, 0) is 4.74 Å². The molecule has 7 heteroatoms. The highest BCUT2D eigenvalue weighted by atomic mass is 35.5. The second kappa shape index (κ2) is 4.96. The second-order valence-corrected chi connectivity index (χ2v) is 4.18. The van der Waals surface area contributed by atoms with Crippen molar-refractivity contribution in [2.45, 2.75) is 6.92 Å². The highest BCUT2D eigenvalue weighted by molar-refractivity contribution is 6.44. The Bertz CT molecular complexity index is 682. The molecule has 0 amide bonds. The fraction of sp³-hybridized carbons (Fsp3) is 0.182. The Morgan fingerprint density at radius 2 is 2.17 bits per heavy atom. The van der Waals surface area contributed by atoms with E-state index in [2.05, 4.69) is 9.97 Å². The van der Waals surface area contributed by atoms with Crippen LogP contribution >= 0.6 is 23.2 Å². The zero-order valence-corrected chi connectivity index (χ0v) is 10.8. The SMILES string of the molecule is CCOC(=O)c1nc2ccc(Cl)c(Cl)c2[nH]c1=O. The number of aromatic amines is 1. The van der Waals surface area contributed by atoms with Crippen molar-refractivity contribution < 1.29 is 9.53 Å². The number of halogens is 2. The number of hydrogen-bond acceptors (Lipinski definition) is 4. The molecule has 94 valence electrons. The topological polar surface area (TPSA) is 72.0 Å². The fourth-order valence-electron chi connectivity index (χ4n) is 1.43. The van der Waals surface area contributed by atoms with Crippen LogP contribution < -0.4 is 5.56 Å². The maximum absolute atomic E-state index is 11.7. The van der Waals surface area contributed by atoms with Gasteiger partial charge in [0.1, 0.15) is 0 Å². The first-order chi connectivity index (χ1) is 8.54. The molecule has 0 aliphatic carbocycles. The number of benzene rings is 1. The molecule has 2 aromatic rings. The van der Waals surface area contributed by atoms with Crippen LogP contribution in [0.4, 0.5) is 0 Å². The normalized spacial score (nSPS) is 10.6. The van der Waals surface area contributed by atoms with E-state index in [0.29, 0.717) is 16.1 Å². The first-order valence-electron chi connectivity index (χ1n) is 5.09. The highest BCUT2D eigenvalue weighted by Crippen LogP contribution is 2.27. The first kappa shape index (κ1) is 12.9. The minimum atomic E-state index is -0.772. The minimum Gasteiger partial charge on any atom is -0.461 e. The molecule has 0 unspecified atom stereocenters. The van der Waals surface area contributed by atoms with Crippen LogP contribution in [0.2, 0.25) is 10.0 Å². The number of fused-ring (bicyclic) bond motifs is 1. The Hall–Kier alpha value is -1.59. The van der Waals surface area contributed by atoms with E-state index in [9.17, 15) is 9.59 Å². The average Bonchev–Trinajstić information content (AvgIpc) is 2.34. The van der Waals surface area contributed by atoms with Crippen LogP contribution in [0.1, 0.15) is 17.4 Å². The summed E-state index contributed by atoms with van der Waals surface area (Å²) in [7, 11) is 0.